The van der Waals surface area contributed by atoms with Gasteiger partial charge in [-0.05, 0) is 35.2 Å². The fourth-order valence-corrected chi connectivity index (χ4v) is 1.14. The summed E-state index contributed by atoms with van der Waals surface area (Å²) in [6.45, 7) is 5.33. The summed E-state index contributed by atoms with van der Waals surface area (Å²) >= 11 is 0. The third-order valence-corrected chi connectivity index (χ3v) is 2.48. The van der Waals surface area contributed by atoms with Crippen molar-refractivity contribution in [2.75, 3.05) is 20.4 Å². The molecule has 0 spiro atoms. The summed E-state index contributed by atoms with van der Waals surface area (Å²) in [6.07, 6.45) is 0.839. The predicted octanol–water partition coefficient (Wildman–Crippen LogP) is 1.29. The van der Waals surface area contributed by atoms with Crippen molar-refractivity contribution in [3.63, 3.8) is 0 Å². The number of hydrogen-bond acceptors (Lipinski definition) is 2. The summed E-state index contributed by atoms with van der Waals surface area (Å²) in [5.41, 5.74) is 0.855. The van der Waals surface area contributed by atoms with Crippen LogP contribution in [0.3, 0.4) is 0 Å². The number of carbonyl (C=O) groups excluding carboxylic acids is 1. The Balaban J connectivity index is 3.50. The van der Waals surface area contributed by atoms with Gasteiger partial charge in [-0.25, -0.2) is 0 Å². The standard InChI is InChI=1S/C7H14NOP/c1-6(2)7(9)10-5-8(3)4/h10H,1,5H2,2-4H3. The monoisotopic (exact) mass is 159 g/mol. The maximum Gasteiger partial charge on any atom is 0.177 e. The van der Waals surface area contributed by atoms with Gasteiger partial charge in [0.15, 0.2) is 5.52 Å². The van der Waals surface area contributed by atoms with E-state index < -0.39 is 0 Å². The minimum Gasteiger partial charge on any atom is -0.305 e. The van der Waals surface area contributed by atoms with Gasteiger partial charge in [-0.1, -0.05) is 6.58 Å². The molecule has 0 aliphatic rings. The maximum atomic E-state index is 10.9. The normalized spacial score (nSPS) is 11.2. The first kappa shape index (κ1) is 9.80. The molecule has 0 bridgehead atoms. The molecule has 0 fully saturated rings. The summed E-state index contributed by atoms with van der Waals surface area (Å²) < 4.78 is 0. The molecule has 1 unspecified atom stereocenters. The smallest absolute Gasteiger partial charge is 0.177 e. The first-order chi connectivity index (χ1) is 4.54. The van der Waals surface area contributed by atoms with Crippen LogP contribution in [0.4, 0.5) is 0 Å². The Morgan fingerprint density at radius 2 is 2.10 bits per heavy atom. The minimum absolute atomic E-state index is 0.189. The van der Waals surface area contributed by atoms with Crippen molar-refractivity contribution >= 4 is 14.1 Å². The molecule has 0 saturated carbocycles. The zero-order valence-electron chi connectivity index (χ0n) is 6.77. The largest absolute Gasteiger partial charge is 0.305 e. The first-order valence-electron chi connectivity index (χ1n) is 3.12. The highest BCUT2D eigenvalue weighted by Crippen LogP contribution is 2.15. The summed E-state index contributed by atoms with van der Waals surface area (Å²) in [6, 6.07) is 0. The van der Waals surface area contributed by atoms with E-state index in [0.717, 1.165) is 6.29 Å². The third kappa shape index (κ3) is 4.66. The van der Waals surface area contributed by atoms with Crippen molar-refractivity contribution in [2.45, 2.75) is 6.92 Å². The molecule has 0 saturated heterocycles. The van der Waals surface area contributed by atoms with Gasteiger partial charge in [-0.15, -0.1) is 0 Å². The van der Waals surface area contributed by atoms with E-state index in [1.807, 2.05) is 19.0 Å². The molecule has 1 atom stereocenters. The van der Waals surface area contributed by atoms with E-state index in [1.54, 1.807) is 6.92 Å². The van der Waals surface area contributed by atoms with Crippen LogP contribution in [0.5, 0.6) is 0 Å². The molecule has 0 radical (unpaired) electrons. The fraction of sp³-hybridized carbons (Fsp3) is 0.571. The van der Waals surface area contributed by atoms with E-state index >= 15 is 0 Å². The van der Waals surface area contributed by atoms with Gasteiger partial charge in [-0.2, -0.15) is 0 Å². The second-order valence-corrected chi connectivity index (χ2v) is 3.65. The molecule has 3 heteroatoms. The van der Waals surface area contributed by atoms with Crippen molar-refractivity contribution in [3.05, 3.63) is 12.2 Å². The number of hydrogen-bond donors (Lipinski definition) is 0. The quantitative estimate of drug-likeness (QED) is 0.455. The van der Waals surface area contributed by atoms with Crippen LogP contribution in [0.1, 0.15) is 6.92 Å². The number of carbonyl (C=O) groups is 1. The Labute approximate surface area is 64.1 Å². The van der Waals surface area contributed by atoms with Crippen LogP contribution in [-0.2, 0) is 4.79 Å². The molecule has 0 aromatic rings. The zero-order chi connectivity index (χ0) is 8.15. The molecule has 0 aliphatic heterocycles. The second kappa shape index (κ2) is 4.59. The van der Waals surface area contributed by atoms with E-state index in [1.165, 1.54) is 0 Å². The molecule has 0 N–H and O–H groups in total. The van der Waals surface area contributed by atoms with Crippen molar-refractivity contribution < 1.29 is 4.79 Å². The average molecular weight is 159 g/mol. The molecule has 0 amide bonds. The van der Waals surface area contributed by atoms with Gasteiger partial charge < -0.3 is 4.90 Å². The molecule has 58 valence electrons. The first-order valence-corrected chi connectivity index (χ1v) is 4.33. The Hall–Kier alpha value is -0.200. The van der Waals surface area contributed by atoms with Gasteiger partial charge in [0.25, 0.3) is 0 Å². The van der Waals surface area contributed by atoms with E-state index in [9.17, 15) is 4.79 Å². The van der Waals surface area contributed by atoms with Gasteiger partial charge in [0.2, 0.25) is 0 Å². The van der Waals surface area contributed by atoms with Gasteiger partial charge in [0, 0.05) is 6.29 Å². The van der Waals surface area contributed by atoms with Crippen LogP contribution < -0.4 is 0 Å². The van der Waals surface area contributed by atoms with Crippen LogP contribution in [0, 0.1) is 0 Å². The van der Waals surface area contributed by atoms with E-state index in [4.69, 9.17) is 0 Å². The highest BCUT2D eigenvalue weighted by molar-refractivity contribution is 7.58. The highest BCUT2D eigenvalue weighted by atomic mass is 31.1. The number of nitrogens with zero attached hydrogens (tertiary/aromatic N) is 1. The Kier molecular flexibility index (Phi) is 4.50. The average Bonchev–Trinajstić information content (AvgIpc) is 1.82. The fourth-order valence-electron chi connectivity index (χ4n) is 0.381. The lowest BCUT2D eigenvalue weighted by atomic mass is 10.4. The lowest BCUT2D eigenvalue weighted by molar-refractivity contribution is -0.108. The Morgan fingerprint density at radius 3 is 2.40 bits per heavy atom. The van der Waals surface area contributed by atoms with Crippen molar-refractivity contribution in [1.82, 2.24) is 4.90 Å². The van der Waals surface area contributed by atoms with Crippen molar-refractivity contribution in [2.24, 2.45) is 0 Å². The lowest BCUT2D eigenvalue weighted by Crippen LogP contribution is -2.10. The summed E-state index contributed by atoms with van der Waals surface area (Å²) in [5.74, 6) is 0. The van der Waals surface area contributed by atoms with Crippen LogP contribution in [0.2, 0.25) is 0 Å². The Bertz CT molecular complexity index is 143. The van der Waals surface area contributed by atoms with Gasteiger partial charge >= 0.3 is 0 Å². The van der Waals surface area contributed by atoms with Gasteiger partial charge in [0.05, 0.1) is 0 Å². The van der Waals surface area contributed by atoms with Crippen LogP contribution in [-0.4, -0.2) is 30.8 Å². The van der Waals surface area contributed by atoms with E-state index in [0.29, 0.717) is 14.2 Å². The van der Waals surface area contributed by atoms with Gasteiger partial charge in [0.1, 0.15) is 0 Å². The molecular formula is C7H14NOP. The van der Waals surface area contributed by atoms with Crippen LogP contribution >= 0.6 is 8.58 Å². The SMILES string of the molecule is C=C(C)C(=O)PCN(C)C. The molecule has 0 aromatic carbocycles. The lowest BCUT2D eigenvalue weighted by Gasteiger charge is -2.07. The topological polar surface area (TPSA) is 20.3 Å². The third-order valence-electron chi connectivity index (χ3n) is 0.943. The molecule has 0 aliphatic carbocycles. The molecule has 2 nitrogen and oxygen atoms in total. The number of rotatable bonds is 4. The van der Waals surface area contributed by atoms with Crippen LogP contribution in [0.25, 0.3) is 0 Å². The van der Waals surface area contributed by atoms with Crippen LogP contribution in [0.15, 0.2) is 12.2 Å². The molecular weight excluding hydrogens is 145 g/mol. The predicted molar refractivity (Wildman–Crippen MR) is 46.7 cm³/mol. The molecule has 0 rings (SSSR count). The van der Waals surface area contributed by atoms with Gasteiger partial charge in [-0.3, -0.25) is 4.79 Å². The molecule has 0 aromatic heterocycles. The summed E-state index contributed by atoms with van der Waals surface area (Å²) in [4.78, 5) is 12.9. The molecule has 10 heavy (non-hydrogen) atoms. The van der Waals surface area contributed by atoms with E-state index in [2.05, 4.69) is 6.58 Å². The van der Waals surface area contributed by atoms with Crippen molar-refractivity contribution in [3.8, 4) is 0 Å². The van der Waals surface area contributed by atoms with E-state index in [-0.39, 0.29) is 5.52 Å². The maximum absolute atomic E-state index is 10.9. The molecule has 0 heterocycles. The van der Waals surface area contributed by atoms with Crippen molar-refractivity contribution in [1.29, 1.82) is 0 Å². The Morgan fingerprint density at radius 1 is 1.60 bits per heavy atom. The summed E-state index contributed by atoms with van der Waals surface area (Å²) in [7, 11) is 4.27. The summed E-state index contributed by atoms with van der Waals surface area (Å²) in [5, 5.41) is 0. The second-order valence-electron chi connectivity index (χ2n) is 2.52. The zero-order valence-corrected chi connectivity index (χ0v) is 7.77. The number of allylic oxidation sites excluding steroid dienone is 1. The minimum atomic E-state index is 0.189. The highest BCUT2D eigenvalue weighted by Gasteiger charge is 2.01.